The number of carbonyl (C=O) groups is 1. The predicted molar refractivity (Wildman–Crippen MR) is 42.8 cm³/mol. The second-order valence-corrected chi connectivity index (χ2v) is 2.71. The first kappa shape index (κ1) is 8.80. The number of nitrogens with two attached hydrogens (primary N) is 1. The summed E-state index contributed by atoms with van der Waals surface area (Å²) in [5.74, 6) is -0.226. The van der Waals surface area contributed by atoms with Crippen molar-refractivity contribution < 1.29 is 14.3 Å². The first-order valence-electron chi connectivity index (χ1n) is 3.62. The fourth-order valence-corrected chi connectivity index (χ4v) is 0.946. The molecule has 0 aliphatic carbocycles. The molecule has 1 heterocycles. The Balaban J connectivity index is 2.58. The highest BCUT2D eigenvalue weighted by atomic mass is 16.4. The standard InChI is InChI=1S/C8H11NO3/c1-5-2-6(4-12-5)3-7(9)8(10)11/h2,4,7H,3,9H2,1H3,(H,10,11). The molecule has 0 saturated heterocycles. The molecule has 1 aromatic heterocycles. The van der Waals surface area contributed by atoms with Gasteiger partial charge in [0.15, 0.2) is 0 Å². The number of aliphatic carboxylic acids is 1. The highest BCUT2D eigenvalue weighted by molar-refractivity contribution is 5.73. The Morgan fingerprint density at radius 1 is 1.83 bits per heavy atom. The van der Waals surface area contributed by atoms with Gasteiger partial charge in [-0.25, -0.2) is 0 Å². The second-order valence-electron chi connectivity index (χ2n) is 2.71. The highest BCUT2D eigenvalue weighted by Crippen LogP contribution is 2.07. The fourth-order valence-electron chi connectivity index (χ4n) is 0.946. The molecule has 0 spiro atoms. The van der Waals surface area contributed by atoms with Crippen LogP contribution in [0, 0.1) is 6.92 Å². The summed E-state index contributed by atoms with van der Waals surface area (Å²) in [7, 11) is 0. The normalized spacial score (nSPS) is 12.8. The highest BCUT2D eigenvalue weighted by Gasteiger charge is 2.12. The van der Waals surface area contributed by atoms with Crippen LogP contribution in [0.1, 0.15) is 11.3 Å². The Labute approximate surface area is 70.0 Å². The van der Waals surface area contributed by atoms with E-state index in [4.69, 9.17) is 15.3 Å². The maximum absolute atomic E-state index is 10.4. The Bertz CT molecular complexity index is 280. The summed E-state index contributed by atoms with van der Waals surface area (Å²) >= 11 is 0. The number of hydrogen-bond acceptors (Lipinski definition) is 3. The van der Waals surface area contributed by atoms with Gasteiger partial charge >= 0.3 is 5.97 Å². The molecule has 0 radical (unpaired) electrons. The number of aryl methyl sites for hydroxylation is 1. The molecule has 1 unspecified atom stereocenters. The Morgan fingerprint density at radius 3 is 2.92 bits per heavy atom. The average Bonchev–Trinajstić information content (AvgIpc) is 2.35. The molecule has 66 valence electrons. The number of hydrogen-bond donors (Lipinski definition) is 2. The van der Waals surface area contributed by atoms with Crippen molar-refractivity contribution in [2.45, 2.75) is 19.4 Å². The van der Waals surface area contributed by atoms with Gasteiger partial charge < -0.3 is 15.3 Å². The zero-order chi connectivity index (χ0) is 9.14. The van der Waals surface area contributed by atoms with E-state index in [9.17, 15) is 4.79 Å². The van der Waals surface area contributed by atoms with Crippen LogP contribution in [0.15, 0.2) is 16.7 Å². The van der Waals surface area contributed by atoms with Gasteiger partial charge in [-0.15, -0.1) is 0 Å². The Kier molecular flexibility index (Phi) is 2.50. The van der Waals surface area contributed by atoms with Crippen LogP contribution in [-0.4, -0.2) is 17.1 Å². The van der Waals surface area contributed by atoms with E-state index in [1.807, 2.05) is 0 Å². The second kappa shape index (κ2) is 3.40. The molecule has 4 heteroatoms. The number of furan rings is 1. The third kappa shape index (κ3) is 2.10. The molecule has 1 aromatic rings. The van der Waals surface area contributed by atoms with Crippen molar-refractivity contribution in [3.63, 3.8) is 0 Å². The lowest BCUT2D eigenvalue weighted by molar-refractivity contribution is -0.138. The van der Waals surface area contributed by atoms with Crippen molar-refractivity contribution in [2.75, 3.05) is 0 Å². The van der Waals surface area contributed by atoms with E-state index in [0.717, 1.165) is 11.3 Å². The smallest absolute Gasteiger partial charge is 0.320 e. The van der Waals surface area contributed by atoms with Gasteiger partial charge in [0.05, 0.1) is 6.26 Å². The van der Waals surface area contributed by atoms with Gasteiger partial charge in [-0.3, -0.25) is 4.79 Å². The molecule has 0 bridgehead atoms. The summed E-state index contributed by atoms with van der Waals surface area (Å²) in [6.45, 7) is 1.80. The molecule has 0 aromatic carbocycles. The van der Waals surface area contributed by atoms with Crippen molar-refractivity contribution in [1.29, 1.82) is 0 Å². The lowest BCUT2D eigenvalue weighted by Gasteiger charge is -2.01. The fraction of sp³-hybridized carbons (Fsp3) is 0.375. The third-order valence-corrected chi connectivity index (χ3v) is 1.56. The molecule has 1 atom stereocenters. The lowest BCUT2D eigenvalue weighted by atomic mass is 10.1. The third-order valence-electron chi connectivity index (χ3n) is 1.56. The van der Waals surface area contributed by atoms with Crippen LogP contribution in [0.5, 0.6) is 0 Å². The molecule has 12 heavy (non-hydrogen) atoms. The minimum atomic E-state index is -0.992. The molecule has 0 amide bonds. The molecule has 0 aliphatic rings. The van der Waals surface area contributed by atoms with Crippen LogP contribution < -0.4 is 5.73 Å². The first-order chi connectivity index (χ1) is 5.59. The Hall–Kier alpha value is -1.29. The first-order valence-corrected chi connectivity index (χ1v) is 3.62. The summed E-state index contributed by atoms with van der Waals surface area (Å²) in [5.41, 5.74) is 6.14. The van der Waals surface area contributed by atoms with E-state index in [0.29, 0.717) is 6.42 Å². The van der Waals surface area contributed by atoms with Crippen molar-refractivity contribution in [3.8, 4) is 0 Å². The van der Waals surface area contributed by atoms with Gasteiger partial charge in [0, 0.05) is 6.42 Å². The minimum absolute atomic E-state index is 0.312. The molecule has 0 fully saturated rings. The largest absolute Gasteiger partial charge is 0.480 e. The molecule has 4 nitrogen and oxygen atoms in total. The van der Waals surface area contributed by atoms with Gasteiger partial charge in [0.25, 0.3) is 0 Å². The van der Waals surface area contributed by atoms with E-state index in [-0.39, 0.29) is 0 Å². The van der Waals surface area contributed by atoms with Crippen LogP contribution in [0.2, 0.25) is 0 Å². The molecular weight excluding hydrogens is 158 g/mol. The van der Waals surface area contributed by atoms with E-state index in [1.54, 1.807) is 13.0 Å². The van der Waals surface area contributed by atoms with Gasteiger partial charge in [-0.05, 0) is 18.6 Å². The van der Waals surface area contributed by atoms with Crippen LogP contribution in [-0.2, 0) is 11.2 Å². The maximum Gasteiger partial charge on any atom is 0.320 e. The van der Waals surface area contributed by atoms with Crippen LogP contribution in [0.4, 0.5) is 0 Å². The summed E-state index contributed by atoms with van der Waals surface area (Å²) in [6.07, 6.45) is 1.84. The molecular formula is C8H11NO3. The molecule has 0 saturated carbocycles. The lowest BCUT2D eigenvalue weighted by Crippen LogP contribution is -2.32. The maximum atomic E-state index is 10.4. The van der Waals surface area contributed by atoms with Crippen molar-refractivity contribution in [3.05, 3.63) is 23.7 Å². The summed E-state index contributed by atoms with van der Waals surface area (Å²) in [4.78, 5) is 10.4. The van der Waals surface area contributed by atoms with E-state index in [2.05, 4.69) is 0 Å². The van der Waals surface area contributed by atoms with Crippen LogP contribution >= 0.6 is 0 Å². The van der Waals surface area contributed by atoms with E-state index >= 15 is 0 Å². The van der Waals surface area contributed by atoms with Gasteiger partial charge in [-0.1, -0.05) is 0 Å². The SMILES string of the molecule is Cc1cc(CC(N)C(=O)O)co1. The minimum Gasteiger partial charge on any atom is -0.480 e. The number of rotatable bonds is 3. The summed E-state index contributed by atoms with van der Waals surface area (Å²) in [5, 5.41) is 8.49. The molecule has 0 aliphatic heterocycles. The number of carboxylic acids is 1. The predicted octanol–water partition coefficient (Wildman–Crippen LogP) is 0.542. The summed E-state index contributed by atoms with van der Waals surface area (Å²) < 4.78 is 5.00. The summed E-state index contributed by atoms with van der Waals surface area (Å²) in [6, 6.07) is 0.935. The van der Waals surface area contributed by atoms with E-state index in [1.165, 1.54) is 6.26 Å². The van der Waals surface area contributed by atoms with Crippen LogP contribution in [0.25, 0.3) is 0 Å². The van der Waals surface area contributed by atoms with E-state index < -0.39 is 12.0 Å². The van der Waals surface area contributed by atoms with Gasteiger partial charge in [-0.2, -0.15) is 0 Å². The molecule has 3 N–H and O–H groups in total. The zero-order valence-electron chi connectivity index (χ0n) is 6.78. The van der Waals surface area contributed by atoms with Gasteiger partial charge in [0.2, 0.25) is 0 Å². The van der Waals surface area contributed by atoms with Crippen molar-refractivity contribution in [2.24, 2.45) is 5.73 Å². The zero-order valence-corrected chi connectivity index (χ0v) is 6.78. The quantitative estimate of drug-likeness (QED) is 0.692. The van der Waals surface area contributed by atoms with Gasteiger partial charge in [0.1, 0.15) is 11.8 Å². The van der Waals surface area contributed by atoms with Crippen LogP contribution in [0.3, 0.4) is 0 Å². The van der Waals surface area contributed by atoms with Crippen molar-refractivity contribution in [1.82, 2.24) is 0 Å². The topological polar surface area (TPSA) is 76.5 Å². The average molecular weight is 169 g/mol. The van der Waals surface area contributed by atoms with Crippen molar-refractivity contribution >= 4 is 5.97 Å². The number of carboxylic acid groups (broad SMARTS) is 1. The monoisotopic (exact) mass is 169 g/mol. The Morgan fingerprint density at radius 2 is 2.50 bits per heavy atom. The molecule has 1 rings (SSSR count).